The largest absolute Gasteiger partial charge is 0.347 e. The molecule has 1 saturated carbocycles. The summed E-state index contributed by atoms with van der Waals surface area (Å²) in [6, 6.07) is 10.7. The molecule has 2 aliphatic rings. The number of H-pyrrole nitrogens is 1. The highest BCUT2D eigenvalue weighted by atomic mass is 16.2. The van der Waals surface area contributed by atoms with E-state index in [1.165, 1.54) is 18.4 Å². The zero-order valence-electron chi connectivity index (χ0n) is 14.5. The third-order valence-corrected chi connectivity index (χ3v) is 5.53. The van der Waals surface area contributed by atoms with Crippen LogP contribution >= 0.6 is 0 Å². The van der Waals surface area contributed by atoms with Crippen LogP contribution < -0.4 is 5.32 Å². The van der Waals surface area contributed by atoms with E-state index in [0.717, 1.165) is 38.2 Å². The molecule has 4 rings (SSSR count). The molecule has 2 N–H and O–H groups in total. The van der Waals surface area contributed by atoms with Gasteiger partial charge in [0.1, 0.15) is 5.82 Å². The predicted octanol–water partition coefficient (Wildman–Crippen LogP) is 2.88. The Morgan fingerprint density at radius 1 is 1.20 bits per heavy atom. The molecule has 2 heterocycles. The van der Waals surface area contributed by atoms with Crippen molar-refractivity contribution in [2.45, 2.75) is 44.2 Å². The third-order valence-electron chi connectivity index (χ3n) is 5.53. The average molecular weight is 338 g/mol. The Kier molecular flexibility index (Phi) is 4.83. The molecule has 1 aromatic carbocycles. The van der Waals surface area contributed by atoms with Crippen molar-refractivity contribution >= 4 is 5.91 Å². The van der Waals surface area contributed by atoms with E-state index in [1.807, 2.05) is 12.3 Å². The quantitative estimate of drug-likeness (QED) is 0.881. The van der Waals surface area contributed by atoms with Crippen molar-refractivity contribution in [3.8, 4) is 0 Å². The van der Waals surface area contributed by atoms with Crippen molar-refractivity contribution in [3.63, 3.8) is 0 Å². The van der Waals surface area contributed by atoms with Crippen LogP contribution in [0.2, 0.25) is 0 Å². The maximum absolute atomic E-state index is 12.7. The second kappa shape index (κ2) is 7.40. The van der Waals surface area contributed by atoms with Gasteiger partial charge in [-0.25, -0.2) is 4.98 Å². The highest BCUT2D eigenvalue weighted by Gasteiger charge is 2.33. The van der Waals surface area contributed by atoms with Crippen LogP contribution in [0.4, 0.5) is 0 Å². The summed E-state index contributed by atoms with van der Waals surface area (Å²) in [7, 11) is 0. The molecule has 2 atom stereocenters. The van der Waals surface area contributed by atoms with Gasteiger partial charge in [0, 0.05) is 37.4 Å². The fraction of sp³-hybridized carbons (Fsp3) is 0.500. The lowest BCUT2D eigenvalue weighted by molar-refractivity contribution is -0.134. The summed E-state index contributed by atoms with van der Waals surface area (Å²) in [6.45, 7) is 1.67. The number of likely N-dealkylation sites (tertiary alicyclic amines) is 1. The van der Waals surface area contributed by atoms with Crippen LogP contribution in [0, 0.1) is 5.92 Å². The summed E-state index contributed by atoms with van der Waals surface area (Å²) in [5.41, 5.74) is 1.19. The molecule has 25 heavy (non-hydrogen) atoms. The van der Waals surface area contributed by atoms with Crippen LogP contribution in [0.5, 0.6) is 0 Å². The fourth-order valence-electron chi connectivity index (χ4n) is 4.18. The normalized spacial score (nSPS) is 22.4. The molecule has 132 valence electrons. The first kappa shape index (κ1) is 16.3. The Morgan fingerprint density at radius 2 is 2.00 bits per heavy atom. The first-order valence-corrected chi connectivity index (χ1v) is 9.40. The van der Waals surface area contributed by atoms with E-state index in [0.29, 0.717) is 11.9 Å². The highest BCUT2D eigenvalue weighted by Crippen LogP contribution is 2.28. The van der Waals surface area contributed by atoms with E-state index in [4.69, 9.17) is 0 Å². The van der Waals surface area contributed by atoms with E-state index < -0.39 is 0 Å². The third kappa shape index (κ3) is 3.61. The summed E-state index contributed by atoms with van der Waals surface area (Å²) < 4.78 is 0. The van der Waals surface area contributed by atoms with Gasteiger partial charge in [-0.2, -0.15) is 0 Å². The molecule has 2 fully saturated rings. The van der Waals surface area contributed by atoms with Crippen molar-refractivity contribution in [3.05, 3.63) is 54.1 Å². The number of amides is 1. The number of rotatable bonds is 5. The molecule has 1 saturated heterocycles. The topological polar surface area (TPSA) is 61.0 Å². The lowest BCUT2D eigenvalue weighted by Gasteiger charge is -2.24. The number of aromatic amines is 1. The van der Waals surface area contributed by atoms with Crippen molar-refractivity contribution in [1.82, 2.24) is 20.2 Å². The van der Waals surface area contributed by atoms with E-state index in [-0.39, 0.29) is 12.0 Å². The van der Waals surface area contributed by atoms with Gasteiger partial charge in [-0.1, -0.05) is 43.2 Å². The lowest BCUT2D eigenvalue weighted by atomic mass is 10.0. The van der Waals surface area contributed by atoms with Gasteiger partial charge in [-0.05, 0) is 24.8 Å². The molecule has 2 aromatic rings. The van der Waals surface area contributed by atoms with E-state index in [2.05, 4.69) is 44.5 Å². The number of hydrogen-bond donors (Lipinski definition) is 2. The first-order valence-electron chi connectivity index (χ1n) is 9.40. The number of benzene rings is 1. The first-order chi connectivity index (χ1) is 12.3. The van der Waals surface area contributed by atoms with E-state index in [9.17, 15) is 4.79 Å². The van der Waals surface area contributed by atoms with Crippen molar-refractivity contribution in [1.29, 1.82) is 0 Å². The average Bonchev–Trinajstić information content (AvgIpc) is 3.42. The maximum Gasteiger partial charge on any atom is 0.225 e. The van der Waals surface area contributed by atoms with Gasteiger partial charge in [-0.15, -0.1) is 0 Å². The molecular formula is C20H26N4O. The molecule has 1 amide bonds. The molecule has 5 nitrogen and oxygen atoms in total. The lowest BCUT2D eigenvalue weighted by Crippen LogP contribution is -2.39. The van der Waals surface area contributed by atoms with Crippen molar-refractivity contribution < 1.29 is 4.79 Å². The van der Waals surface area contributed by atoms with Crippen molar-refractivity contribution in [2.24, 2.45) is 5.92 Å². The summed E-state index contributed by atoms with van der Waals surface area (Å²) >= 11 is 0. The van der Waals surface area contributed by atoms with Gasteiger partial charge in [0.2, 0.25) is 5.91 Å². The summed E-state index contributed by atoms with van der Waals surface area (Å²) in [6.07, 6.45) is 9.22. The van der Waals surface area contributed by atoms with Gasteiger partial charge in [0.15, 0.2) is 0 Å². The molecule has 0 spiro atoms. The molecule has 0 bridgehead atoms. The summed E-state index contributed by atoms with van der Waals surface area (Å²) in [5, 5.41) is 3.72. The van der Waals surface area contributed by atoms with Gasteiger partial charge in [-0.3, -0.25) is 10.1 Å². The zero-order valence-corrected chi connectivity index (χ0v) is 14.5. The summed E-state index contributed by atoms with van der Waals surface area (Å²) in [5.74, 6) is 1.57. The Hall–Kier alpha value is -2.14. The van der Waals surface area contributed by atoms with E-state index >= 15 is 0 Å². The Bertz CT molecular complexity index is 679. The van der Waals surface area contributed by atoms with Crippen LogP contribution in [-0.4, -0.2) is 39.9 Å². The van der Waals surface area contributed by atoms with Crippen LogP contribution in [0.1, 0.15) is 49.5 Å². The number of imidazole rings is 1. The zero-order chi connectivity index (χ0) is 17.1. The molecule has 1 aliphatic carbocycles. The summed E-state index contributed by atoms with van der Waals surface area (Å²) in [4.78, 5) is 22.4. The molecule has 0 radical (unpaired) electrons. The van der Waals surface area contributed by atoms with Gasteiger partial charge >= 0.3 is 0 Å². The number of carbonyl (C=O) groups is 1. The predicted molar refractivity (Wildman–Crippen MR) is 97.0 cm³/mol. The second-order valence-corrected chi connectivity index (χ2v) is 7.24. The van der Waals surface area contributed by atoms with Crippen LogP contribution in [0.15, 0.2) is 42.7 Å². The van der Waals surface area contributed by atoms with E-state index in [1.54, 1.807) is 6.20 Å². The minimum atomic E-state index is 0.0303. The standard InChI is InChI=1S/C20H26N4O/c25-20(16-8-4-5-9-16)24-13-10-17(14-24)23-18(19-21-11-12-22-19)15-6-2-1-3-7-15/h1-3,6-7,11-12,16-18,23H,4-5,8-10,13-14H2,(H,21,22)/t17-,18+/m1/s1. The monoisotopic (exact) mass is 338 g/mol. The minimum Gasteiger partial charge on any atom is -0.347 e. The second-order valence-electron chi connectivity index (χ2n) is 7.24. The smallest absolute Gasteiger partial charge is 0.225 e. The minimum absolute atomic E-state index is 0.0303. The van der Waals surface area contributed by atoms with Crippen LogP contribution in [0.3, 0.4) is 0 Å². The molecule has 5 heteroatoms. The van der Waals surface area contributed by atoms with Crippen molar-refractivity contribution in [2.75, 3.05) is 13.1 Å². The van der Waals surface area contributed by atoms with Crippen LogP contribution in [-0.2, 0) is 4.79 Å². The molecule has 0 unspecified atom stereocenters. The molecule has 1 aromatic heterocycles. The number of carbonyl (C=O) groups excluding carboxylic acids is 1. The Balaban J connectivity index is 1.43. The number of nitrogens with zero attached hydrogens (tertiary/aromatic N) is 2. The number of nitrogens with one attached hydrogen (secondary N) is 2. The Morgan fingerprint density at radius 3 is 2.72 bits per heavy atom. The number of hydrogen-bond acceptors (Lipinski definition) is 3. The highest BCUT2D eigenvalue weighted by molar-refractivity contribution is 5.79. The number of aromatic nitrogens is 2. The SMILES string of the molecule is O=C(C1CCCC1)N1CC[C@@H](N[C@@H](c2ccccc2)c2ncc[nH]2)C1. The molecular weight excluding hydrogens is 312 g/mol. The van der Waals surface area contributed by atoms with Gasteiger partial charge in [0.25, 0.3) is 0 Å². The van der Waals surface area contributed by atoms with Gasteiger partial charge < -0.3 is 9.88 Å². The van der Waals surface area contributed by atoms with Crippen LogP contribution in [0.25, 0.3) is 0 Å². The fourth-order valence-corrected chi connectivity index (χ4v) is 4.18. The van der Waals surface area contributed by atoms with Gasteiger partial charge in [0.05, 0.1) is 6.04 Å². The maximum atomic E-state index is 12.7. The molecule has 1 aliphatic heterocycles. The Labute approximate surface area is 148 Å².